The highest BCUT2D eigenvalue weighted by Crippen LogP contribution is 2.09. The fourth-order valence-corrected chi connectivity index (χ4v) is 0.988. The molecule has 1 aliphatic heterocycles. The molecule has 1 aromatic heterocycles. The van der Waals surface area contributed by atoms with Crippen molar-refractivity contribution >= 4 is 5.82 Å². The van der Waals surface area contributed by atoms with Crippen LogP contribution in [0.25, 0.3) is 0 Å². The summed E-state index contributed by atoms with van der Waals surface area (Å²) in [6, 6.07) is 1.80. The van der Waals surface area contributed by atoms with Crippen molar-refractivity contribution in [3.63, 3.8) is 0 Å². The topological polar surface area (TPSA) is 41.9 Å². The van der Waals surface area contributed by atoms with Gasteiger partial charge in [0.25, 0.3) is 0 Å². The van der Waals surface area contributed by atoms with Crippen LogP contribution in [0.15, 0.2) is 49.0 Å². The fraction of sp³-hybridized carbons (Fsp3) is 0. The first-order valence-corrected chi connectivity index (χ1v) is 3.91. The Morgan fingerprint density at radius 1 is 1.00 bits per heavy atom. The summed E-state index contributed by atoms with van der Waals surface area (Å²) in [6.45, 7) is 0. The van der Waals surface area contributed by atoms with Gasteiger partial charge in [0.05, 0.1) is 6.20 Å². The minimum absolute atomic E-state index is 0.756. The minimum atomic E-state index is 0.756. The summed E-state index contributed by atoms with van der Waals surface area (Å²) < 4.78 is 0. The van der Waals surface area contributed by atoms with E-state index in [9.17, 15) is 0 Å². The normalized spacial score (nSPS) is 14.6. The van der Waals surface area contributed by atoms with Crippen LogP contribution in [0.5, 0.6) is 0 Å². The highest BCUT2D eigenvalue weighted by Gasteiger charge is 2.00. The van der Waals surface area contributed by atoms with Gasteiger partial charge in [-0.1, -0.05) is 12.2 Å². The van der Waals surface area contributed by atoms with Gasteiger partial charge in [-0.2, -0.15) is 0 Å². The number of hydrogen-bond acceptors (Lipinski definition) is 4. The first kappa shape index (κ1) is 7.67. The molecule has 64 valence electrons. The first-order valence-electron chi connectivity index (χ1n) is 3.91. The van der Waals surface area contributed by atoms with Crippen LogP contribution >= 0.6 is 0 Å². The monoisotopic (exact) mass is 172 g/mol. The zero-order valence-electron chi connectivity index (χ0n) is 6.91. The van der Waals surface area contributed by atoms with Crippen molar-refractivity contribution in [3.8, 4) is 0 Å². The van der Waals surface area contributed by atoms with E-state index in [2.05, 4.69) is 15.4 Å². The van der Waals surface area contributed by atoms with Gasteiger partial charge in [-0.3, -0.25) is 0 Å². The molecule has 4 heteroatoms. The molecule has 0 bridgehead atoms. The molecule has 0 unspecified atom stereocenters. The van der Waals surface area contributed by atoms with Crippen LogP contribution in [-0.4, -0.2) is 15.4 Å². The summed E-state index contributed by atoms with van der Waals surface area (Å²) in [6.07, 6.45) is 13.2. The van der Waals surface area contributed by atoms with Gasteiger partial charge in [-0.05, 0) is 17.4 Å². The average Bonchev–Trinajstić information content (AvgIpc) is 2.47. The Labute approximate surface area is 75.9 Å². The number of anilines is 1. The molecule has 2 rings (SSSR count). The van der Waals surface area contributed by atoms with Crippen molar-refractivity contribution in [1.82, 2.24) is 15.4 Å². The Balaban J connectivity index is 2.27. The van der Waals surface area contributed by atoms with Crippen LogP contribution in [-0.2, 0) is 0 Å². The Morgan fingerprint density at radius 2 is 1.77 bits per heavy atom. The standard InChI is InChI=1S/C9H8N4/c1-2-4-8-13(7-3-1)9-5-6-10-12-11-9/h1-8H. The van der Waals surface area contributed by atoms with Gasteiger partial charge in [0, 0.05) is 18.5 Å². The van der Waals surface area contributed by atoms with Crippen molar-refractivity contribution in [2.75, 3.05) is 4.90 Å². The number of aromatic nitrogens is 3. The van der Waals surface area contributed by atoms with Crippen LogP contribution in [0, 0.1) is 0 Å². The van der Waals surface area contributed by atoms with Crippen molar-refractivity contribution in [1.29, 1.82) is 0 Å². The zero-order valence-corrected chi connectivity index (χ0v) is 6.91. The van der Waals surface area contributed by atoms with Gasteiger partial charge < -0.3 is 4.90 Å². The largest absolute Gasteiger partial charge is 0.307 e. The van der Waals surface area contributed by atoms with E-state index in [0.29, 0.717) is 0 Å². The molecule has 0 atom stereocenters. The molecular weight excluding hydrogens is 164 g/mol. The van der Waals surface area contributed by atoms with Gasteiger partial charge >= 0.3 is 0 Å². The zero-order chi connectivity index (χ0) is 8.93. The van der Waals surface area contributed by atoms with Crippen LogP contribution in [0.1, 0.15) is 0 Å². The average molecular weight is 172 g/mol. The first-order chi connectivity index (χ1) is 6.47. The number of rotatable bonds is 1. The van der Waals surface area contributed by atoms with Gasteiger partial charge in [-0.25, -0.2) is 0 Å². The van der Waals surface area contributed by atoms with Crippen molar-refractivity contribution < 1.29 is 0 Å². The molecule has 13 heavy (non-hydrogen) atoms. The van der Waals surface area contributed by atoms with Gasteiger partial charge in [0.15, 0.2) is 5.82 Å². The van der Waals surface area contributed by atoms with Crippen LogP contribution in [0.2, 0.25) is 0 Å². The Hall–Kier alpha value is -1.97. The summed E-state index contributed by atoms with van der Waals surface area (Å²) in [5, 5.41) is 11.1. The lowest BCUT2D eigenvalue weighted by Crippen LogP contribution is -2.08. The second-order valence-electron chi connectivity index (χ2n) is 2.45. The van der Waals surface area contributed by atoms with Crippen molar-refractivity contribution in [3.05, 3.63) is 49.0 Å². The van der Waals surface area contributed by atoms with E-state index in [0.717, 1.165) is 5.82 Å². The predicted molar refractivity (Wildman–Crippen MR) is 49.7 cm³/mol. The number of allylic oxidation sites excluding steroid dienone is 4. The number of hydrogen-bond donors (Lipinski definition) is 0. The van der Waals surface area contributed by atoms with E-state index in [4.69, 9.17) is 0 Å². The van der Waals surface area contributed by atoms with E-state index in [1.54, 1.807) is 12.3 Å². The predicted octanol–water partition coefficient (Wildman–Crippen LogP) is 1.28. The Bertz CT molecular complexity index is 337. The van der Waals surface area contributed by atoms with Crippen molar-refractivity contribution in [2.24, 2.45) is 0 Å². The van der Waals surface area contributed by atoms with E-state index < -0.39 is 0 Å². The molecule has 1 aromatic rings. The maximum atomic E-state index is 3.88. The lowest BCUT2D eigenvalue weighted by molar-refractivity contribution is 0.857. The van der Waals surface area contributed by atoms with E-state index in [1.807, 2.05) is 41.6 Å². The van der Waals surface area contributed by atoms with Gasteiger partial charge in [0.1, 0.15) is 0 Å². The number of nitrogens with zero attached hydrogens (tertiary/aromatic N) is 4. The molecule has 0 amide bonds. The molecule has 0 N–H and O–H groups in total. The van der Waals surface area contributed by atoms with E-state index in [-0.39, 0.29) is 0 Å². The third-order valence-corrected chi connectivity index (χ3v) is 1.58. The molecule has 0 spiro atoms. The van der Waals surface area contributed by atoms with Crippen molar-refractivity contribution in [2.45, 2.75) is 0 Å². The highest BCUT2D eigenvalue weighted by molar-refractivity contribution is 5.46. The van der Waals surface area contributed by atoms with Gasteiger partial charge in [-0.15, -0.1) is 10.2 Å². The fourth-order valence-electron chi connectivity index (χ4n) is 0.988. The molecule has 0 radical (unpaired) electrons. The second kappa shape index (κ2) is 3.62. The maximum absolute atomic E-state index is 3.88. The Kier molecular flexibility index (Phi) is 2.14. The molecule has 0 aromatic carbocycles. The van der Waals surface area contributed by atoms with Crippen LogP contribution < -0.4 is 4.90 Å². The van der Waals surface area contributed by atoms with E-state index >= 15 is 0 Å². The molecule has 4 nitrogen and oxygen atoms in total. The SMILES string of the molecule is C1=CC=CN(c2ccnnn2)C=C1. The summed E-state index contributed by atoms with van der Waals surface area (Å²) in [4.78, 5) is 1.87. The molecule has 0 saturated carbocycles. The summed E-state index contributed by atoms with van der Waals surface area (Å²) in [5.41, 5.74) is 0. The lowest BCUT2D eigenvalue weighted by Gasteiger charge is -2.10. The van der Waals surface area contributed by atoms with Crippen LogP contribution in [0.4, 0.5) is 5.82 Å². The molecule has 1 aliphatic rings. The van der Waals surface area contributed by atoms with Gasteiger partial charge in [0.2, 0.25) is 0 Å². The summed E-state index contributed by atoms with van der Waals surface area (Å²) in [7, 11) is 0. The molecule has 2 heterocycles. The minimum Gasteiger partial charge on any atom is -0.307 e. The molecule has 0 saturated heterocycles. The third kappa shape index (κ3) is 1.79. The summed E-state index contributed by atoms with van der Waals surface area (Å²) in [5.74, 6) is 0.756. The third-order valence-electron chi connectivity index (χ3n) is 1.58. The quantitative estimate of drug-likeness (QED) is 0.639. The lowest BCUT2D eigenvalue weighted by atomic mass is 10.5. The molecule has 0 aliphatic carbocycles. The highest BCUT2D eigenvalue weighted by atomic mass is 15.3. The molecular formula is C9H8N4. The maximum Gasteiger partial charge on any atom is 0.162 e. The second-order valence-corrected chi connectivity index (χ2v) is 2.45. The Morgan fingerprint density at radius 3 is 2.38 bits per heavy atom. The smallest absolute Gasteiger partial charge is 0.162 e. The molecule has 0 fully saturated rings. The van der Waals surface area contributed by atoms with Crippen LogP contribution in [0.3, 0.4) is 0 Å². The summed E-state index contributed by atoms with van der Waals surface area (Å²) >= 11 is 0. The van der Waals surface area contributed by atoms with E-state index in [1.165, 1.54) is 0 Å².